The maximum atomic E-state index is 14.5. The van der Waals surface area contributed by atoms with Gasteiger partial charge in [-0.1, -0.05) is 6.07 Å². The lowest BCUT2D eigenvalue weighted by Crippen LogP contribution is -2.58. The van der Waals surface area contributed by atoms with Crippen molar-refractivity contribution in [3.63, 3.8) is 0 Å². The topological polar surface area (TPSA) is 197 Å². The molecular weight excluding hydrogens is 809 g/mol. The number of nitrogens with one attached hydrogen (secondary N) is 4. The molecule has 0 aliphatic carbocycles. The highest BCUT2D eigenvalue weighted by Gasteiger charge is 2.50. The van der Waals surface area contributed by atoms with Gasteiger partial charge >= 0.3 is 23.9 Å². The molecule has 0 atom stereocenters. The van der Waals surface area contributed by atoms with Crippen molar-refractivity contribution in [3.8, 4) is 11.1 Å². The van der Waals surface area contributed by atoms with E-state index < -0.39 is 85.9 Å². The molecule has 8 N–H and O–H groups in total. The Morgan fingerprint density at radius 2 is 0.641 bits per heavy atom. The van der Waals surface area contributed by atoms with Gasteiger partial charge < -0.3 is 41.7 Å². The van der Waals surface area contributed by atoms with E-state index in [1.165, 1.54) is 6.07 Å². The summed E-state index contributed by atoms with van der Waals surface area (Å²) in [6.45, 7) is 33.6. The van der Waals surface area contributed by atoms with Crippen LogP contribution in [0.3, 0.4) is 0 Å². The van der Waals surface area contributed by atoms with E-state index in [1.807, 2.05) is 0 Å². The van der Waals surface area contributed by atoms with Crippen LogP contribution in [0.2, 0.25) is 0 Å². The molecule has 6 rings (SSSR count). The van der Waals surface area contributed by atoms with Crippen LogP contribution in [0.1, 0.15) is 250 Å². The molecule has 0 unspecified atom stereocenters. The second-order valence-corrected chi connectivity index (χ2v) is 25.5. The van der Waals surface area contributed by atoms with E-state index in [-0.39, 0.29) is 28.2 Å². The zero-order valence-corrected chi connectivity index (χ0v) is 41.5. The molecule has 0 saturated carbocycles. The van der Waals surface area contributed by atoms with E-state index in [0.29, 0.717) is 79.2 Å². The molecule has 12 nitrogen and oxygen atoms in total. The van der Waals surface area contributed by atoms with Crippen molar-refractivity contribution in [2.24, 2.45) is 0 Å². The van der Waals surface area contributed by atoms with Crippen molar-refractivity contribution in [1.29, 1.82) is 0 Å². The summed E-state index contributed by atoms with van der Waals surface area (Å²) in [7, 11) is 0. The molecule has 12 heteroatoms. The van der Waals surface area contributed by atoms with Gasteiger partial charge in [-0.25, -0.2) is 19.2 Å². The van der Waals surface area contributed by atoms with Crippen molar-refractivity contribution < 1.29 is 39.6 Å². The van der Waals surface area contributed by atoms with Crippen molar-refractivity contribution in [2.45, 2.75) is 230 Å². The number of hydrogen-bond donors (Lipinski definition) is 8. The summed E-state index contributed by atoms with van der Waals surface area (Å²) in [6, 6.07) is 3.11. The van der Waals surface area contributed by atoms with Crippen molar-refractivity contribution in [2.75, 3.05) is 0 Å². The molecule has 2 aromatic carbocycles. The van der Waals surface area contributed by atoms with E-state index in [9.17, 15) is 39.6 Å². The molecule has 4 fully saturated rings. The Hall–Kier alpha value is -3.84. The molecule has 0 aromatic heterocycles. The first-order chi connectivity index (χ1) is 28.9. The fraction of sp³-hybridized carbons (Fsp3) is 0.692. The number of hydrogen-bond acceptors (Lipinski definition) is 8. The van der Waals surface area contributed by atoms with Crippen LogP contribution in [0.25, 0.3) is 11.1 Å². The summed E-state index contributed by atoms with van der Waals surface area (Å²) in [5, 5.41) is 60.7. The first-order valence-corrected chi connectivity index (χ1v) is 23.4. The Balaban J connectivity index is 1.98. The number of rotatable bonds is 9. The molecule has 0 bridgehead atoms. The van der Waals surface area contributed by atoms with Gasteiger partial charge in [0, 0.05) is 44.3 Å². The van der Waals surface area contributed by atoms with Crippen LogP contribution < -0.4 is 21.3 Å². The van der Waals surface area contributed by atoms with Crippen LogP contribution >= 0.6 is 0 Å². The van der Waals surface area contributed by atoms with Gasteiger partial charge in [-0.15, -0.1) is 0 Å². The highest BCUT2D eigenvalue weighted by atomic mass is 16.4. The van der Waals surface area contributed by atoms with Crippen LogP contribution in [0.4, 0.5) is 0 Å². The number of carboxylic acid groups (broad SMARTS) is 4. The number of aromatic carboxylic acids is 4. The molecule has 354 valence electrons. The monoisotopic (exact) mass is 887 g/mol. The summed E-state index contributed by atoms with van der Waals surface area (Å²) >= 11 is 0. The SMILES string of the molecule is CC1(C)CC(c2c(-c3c(C4CC(C)(C)NC(C)(C)C4)c(C(=O)O)c(C(=O)O)c(C4CC(C)(C)NC(C)(C)C4)c3C3CC(C)(C)NC(C)(C)C3)ccc(C(=O)O)c2C(=O)O)CC(C)(C)N1. The minimum atomic E-state index is -1.37. The number of carboxylic acids is 4. The van der Waals surface area contributed by atoms with Gasteiger partial charge in [-0.05, 0) is 225 Å². The first-order valence-electron chi connectivity index (χ1n) is 23.4. The van der Waals surface area contributed by atoms with Gasteiger partial charge in [0.1, 0.15) is 0 Å². The Bertz CT molecular complexity index is 2200. The van der Waals surface area contributed by atoms with Gasteiger partial charge in [-0.3, -0.25) is 0 Å². The standard InChI is InChI=1S/C52H78N4O8/c1-45(2)19-27(20-46(3,4)53-45)33-31(17-18-32(41(57)58)38(33)42(59)60)37-34(28-21-47(5,6)54-48(7,8)22-28)35(29-23-49(9,10)55-50(11,12)24-29)39(43(61)62)40(44(63)64)36(37)30-25-51(13,14)56-52(15,16)26-30/h17-18,27-30,53-56H,19-26H2,1-16H3,(H,57,58)(H,59,60)(H,61,62)(H,63,64). The Morgan fingerprint density at radius 3 is 0.938 bits per heavy atom. The number of piperidine rings is 4. The predicted octanol–water partition coefficient (Wildman–Crippen LogP) is 10.2. The van der Waals surface area contributed by atoms with E-state index in [1.54, 1.807) is 6.07 Å². The fourth-order valence-electron chi connectivity index (χ4n) is 14.6. The quantitative estimate of drug-likeness (QED) is 0.119. The molecule has 2 aromatic rings. The third-order valence-corrected chi connectivity index (χ3v) is 14.4. The zero-order chi connectivity index (χ0) is 48.3. The summed E-state index contributed by atoms with van der Waals surface area (Å²) < 4.78 is 0. The van der Waals surface area contributed by atoms with Gasteiger partial charge in [0.2, 0.25) is 0 Å². The van der Waals surface area contributed by atoms with Crippen LogP contribution in [-0.4, -0.2) is 88.6 Å². The van der Waals surface area contributed by atoms with Gasteiger partial charge in [0.15, 0.2) is 0 Å². The molecular formula is C52H78N4O8. The van der Waals surface area contributed by atoms with Gasteiger partial charge in [0.05, 0.1) is 22.3 Å². The smallest absolute Gasteiger partial charge is 0.336 e. The maximum absolute atomic E-state index is 14.5. The van der Waals surface area contributed by atoms with Crippen molar-refractivity contribution in [3.05, 3.63) is 56.6 Å². The van der Waals surface area contributed by atoms with E-state index in [2.05, 4.69) is 132 Å². The normalized spacial score (nSPS) is 25.1. The summed E-state index contributed by atoms with van der Waals surface area (Å²) in [5.41, 5.74) is -1.76. The van der Waals surface area contributed by atoms with Crippen molar-refractivity contribution in [1.82, 2.24) is 21.3 Å². The third-order valence-electron chi connectivity index (χ3n) is 14.4. The largest absolute Gasteiger partial charge is 0.478 e. The molecule has 0 amide bonds. The van der Waals surface area contributed by atoms with Gasteiger partial charge in [0.25, 0.3) is 0 Å². The zero-order valence-electron chi connectivity index (χ0n) is 41.5. The molecule has 4 aliphatic rings. The average Bonchev–Trinajstić information content (AvgIpc) is 3.03. The predicted molar refractivity (Wildman–Crippen MR) is 253 cm³/mol. The highest BCUT2D eigenvalue weighted by molar-refractivity contribution is 6.09. The molecule has 0 radical (unpaired) electrons. The molecule has 64 heavy (non-hydrogen) atoms. The van der Waals surface area contributed by atoms with E-state index in [4.69, 9.17) is 0 Å². The fourth-order valence-corrected chi connectivity index (χ4v) is 14.6. The second kappa shape index (κ2) is 15.9. The lowest BCUT2D eigenvalue weighted by molar-refractivity contribution is 0.0644. The summed E-state index contributed by atoms with van der Waals surface area (Å²) in [6.07, 6.45) is 4.11. The highest BCUT2D eigenvalue weighted by Crippen LogP contribution is 2.57. The minimum absolute atomic E-state index is 0.186. The lowest BCUT2D eigenvalue weighted by atomic mass is 9.61. The third kappa shape index (κ3) is 10.1. The molecule has 0 spiro atoms. The minimum Gasteiger partial charge on any atom is -0.478 e. The van der Waals surface area contributed by atoms with Gasteiger partial charge in [-0.2, -0.15) is 0 Å². The van der Waals surface area contributed by atoms with Crippen LogP contribution in [-0.2, 0) is 0 Å². The summed E-state index contributed by atoms with van der Waals surface area (Å²) in [4.78, 5) is 56.0. The summed E-state index contributed by atoms with van der Waals surface area (Å²) in [5.74, 6) is -7.05. The Labute approximate surface area is 381 Å². The van der Waals surface area contributed by atoms with Crippen molar-refractivity contribution >= 4 is 23.9 Å². The van der Waals surface area contributed by atoms with E-state index >= 15 is 0 Å². The van der Waals surface area contributed by atoms with Crippen LogP contribution in [0.15, 0.2) is 12.1 Å². The lowest BCUT2D eigenvalue weighted by Gasteiger charge is -2.51. The average molecular weight is 887 g/mol. The molecule has 4 aliphatic heterocycles. The number of carbonyl (C=O) groups is 4. The molecule has 4 saturated heterocycles. The Kier molecular flexibility index (Phi) is 12.3. The number of benzene rings is 2. The second-order valence-electron chi connectivity index (χ2n) is 25.5. The Morgan fingerprint density at radius 1 is 0.375 bits per heavy atom. The maximum Gasteiger partial charge on any atom is 0.336 e. The van der Waals surface area contributed by atoms with Crippen LogP contribution in [0, 0.1) is 0 Å². The first kappa shape index (κ1) is 49.6. The molecule has 4 heterocycles. The van der Waals surface area contributed by atoms with E-state index in [0.717, 1.165) is 5.56 Å². The van der Waals surface area contributed by atoms with Crippen LogP contribution in [0.5, 0.6) is 0 Å².